The van der Waals surface area contributed by atoms with E-state index in [1.165, 1.54) is 0 Å². The van der Waals surface area contributed by atoms with Gasteiger partial charge in [-0.2, -0.15) is 0 Å². The third kappa shape index (κ3) is 4.37. The lowest BCUT2D eigenvalue weighted by Gasteiger charge is -2.32. The molecule has 0 aliphatic carbocycles. The predicted octanol–water partition coefficient (Wildman–Crippen LogP) is 7.92. The maximum Gasteiger partial charge on any atom is 0.172 e. The maximum atomic E-state index is 11.1. The molecule has 4 aromatic carbocycles. The summed E-state index contributed by atoms with van der Waals surface area (Å²) in [7, 11) is 0. The number of benzene rings is 4. The Balaban J connectivity index is 2.03. The average Bonchev–Trinajstić information content (AvgIpc) is 2.81. The van der Waals surface area contributed by atoms with Crippen molar-refractivity contribution < 1.29 is 20.1 Å². The molecule has 3 N–H and O–H groups in total. The van der Waals surface area contributed by atoms with Crippen LogP contribution in [-0.2, 0) is 0 Å². The topological polar surface area (TPSA) is 73.2 Å². The fourth-order valence-corrected chi connectivity index (χ4v) is 4.39. The maximum absolute atomic E-state index is 11.1. The van der Waals surface area contributed by atoms with Gasteiger partial charge in [-0.15, -0.1) is 0 Å². The molecule has 0 heterocycles. The van der Waals surface area contributed by atoms with Gasteiger partial charge in [0.1, 0.15) is 11.5 Å². The number of hydrogen-bond acceptors (Lipinski definition) is 5. The smallest absolute Gasteiger partial charge is 0.172 e. The van der Waals surface area contributed by atoms with Crippen LogP contribution in [-0.4, -0.2) is 15.3 Å². The Morgan fingerprint density at radius 1 is 0.600 bits per heavy atom. The molecule has 0 aliphatic rings. The van der Waals surface area contributed by atoms with Crippen LogP contribution >= 0.6 is 0 Å². The molecule has 0 spiro atoms. The number of anilines is 3. The fraction of sp³-hybridized carbons (Fsp3) is 0.200. The van der Waals surface area contributed by atoms with Crippen LogP contribution < -0.4 is 9.64 Å². The molecule has 5 nitrogen and oxygen atoms in total. The van der Waals surface area contributed by atoms with Crippen LogP contribution in [0.15, 0.2) is 60.7 Å². The first-order chi connectivity index (χ1) is 16.6. The van der Waals surface area contributed by atoms with Crippen LogP contribution in [0.25, 0.3) is 0 Å². The molecule has 0 atom stereocenters. The Morgan fingerprint density at radius 2 is 1.14 bits per heavy atom. The van der Waals surface area contributed by atoms with E-state index in [-0.39, 0.29) is 17.2 Å². The van der Waals surface area contributed by atoms with Crippen molar-refractivity contribution in [2.75, 3.05) is 4.90 Å². The average molecular weight is 470 g/mol. The van der Waals surface area contributed by atoms with Gasteiger partial charge in [-0.1, -0.05) is 30.3 Å². The minimum atomic E-state index is 0.0491. The first-order valence-corrected chi connectivity index (χ1v) is 11.6. The molecule has 0 aromatic heterocycles. The van der Waals surface area contributed by atoms with Crippen LogP contribution in [0, 0.1) is 41.5 Å². The molecule has 35 heavy (non-hydrogen) atoms. The van der Waals surface area contributed by atoms with E-state index in [2.05, 4.69) is 0 Å². The summed E-state index contributed by atoms with van der Waals surface area (Å²) in [5.74, 6) is 1.04. The standard InChI is InChI=1S/C30H31NO4/c1-17-15-20(4)30(26(34)16-17)35-27-10-8-7-9-23(27)31(28-21(5)18(2)11-13-24(28)32)29-22(6)19(3)12-14-25(29)33/h7-16,32-34H,1-6H3. The summed E-state index contributed by atoms with van der Waals surface area (Å²) in [5.41, 5.74) is 7.18. The Labute approximate surface area is 206 Å². The van der Waals surface area contributed by atoms with Crippen molar-refractivity contribution in [1.29, 1.82) is 0 Å². The van der Waals surface area contributed by atoms with Gasteiger partial charge >= 0.3 is 0 Å². The van der Waals surface area contributed by atoms with E-state index in [9.17, 15) is 15.3 Å². The Kier molecular flexibility index (Phi) is 6.35. The van der Waals surface area contributed by atoms with Gasteiger partial charge in [0.15, 0.2) is 17.2 Å². The molecule has 4 aromatic rings. The zero-order valence-corrected chi connectivity index (χ0v) is 21.0. The lowest BCUT2D eigenvalue weighted by Crippen LogP contribution is -2.15. The third-order valence-corrected chi connectivity index (χ3v) is 6.53. The molecule has 4 rings (SSSR count). The number of rotatable bonds is 5. The molecule has 180 valence electrons. The van der Waals surface area contributed by atoms with Crippen LogP contribution in [0.5, 0.6) is 28.7 Å². The van der Waals surface area contributed by atoms with Crippen LogP contribution in [0.2, 0.25) is 0 Å². The van der Waals surface area contributed by atoms with Crippen molar-refractivity contribution in [3.63, 3.8) is 0 Å². The molecule has 0 bridgehead atoms. The molecular weight excluding hydrogens is 438 g/mol. The SMILES string of the molecule is Cc1cc(C)c(Oc2ccccc2N(c2c(O)ccc(C)c2C)c2c(O)ccc(C)c2C)c(O)c1. The summed E-state index contributed by atoms with van der Waals surface area (Å²) in [4.78, 5) is 1.84. The van der Waals surface area contributed by atoms with Gasteiger partial charge in [-0.25, -0.2) is 0 Å². The molecule has 0 aliphatic heterocycles. The van der Waals surface area contributed by atoms with Crippen molar-refractivity contribution in [3.8, 4) is 28.7 Å². The Morgan fingerprint density at radius 3 is 1.69 bits per heavy atom. The van der Waals surface area contributed by atoms with Gasteiger partial charge in [-0.05, 0) is 105 Å². The Bertz CT molecular complexity index is 1340. The molecule has 0 unspecified atom stereocenters. The van der Waals surface area contributed by atoms with Crippen LogP contribution in [0.3, 0.4) is 0 Å². The molecule has 5 heteroatoms. The summed E-state index contributed by atoms with van der Waals surface area (Å²) in [6.07, 6.45) is 0. The van der Waals surface area contributed by atoms with Crippen molar-refractivity contribution in [2.45, 2.75) is 41.5 Å². The molecular formula is C30H31NO4. The lowest BCUT2D eigenvalue weighted by atomic mass is 10.0. The van der Waals surface area contributed by atoms with E-state index in [4.69, 9.17) is 4.74 Å². The highest BCUT2D eigenvalue weighted by Gasteiger charge is 2.27. The minimum Gasteiger partial charge on any atom is -0.506 e. The molecule has 0 saturated heterocycles. The fourth-order valence-electron chi connectivity index (χ4n) is 4.39. The number of ether oxygens (including phenoxy) is 1. The van der Waals surface area contributed by atoms with E-state index in [0.717, 1.165) is 33.4 Å². The second kappa shape index (κ2) is 9.26. The number of aromatic hydroxyl groups is 3. The Hall–Kier alpha value is -4.12. The second-order valence-electron chi connectivity index (χ2n) is 9.09. The highest BCUT2D eigenvalue weighted by atomic mass is 16.5. The van der Waals surface area contributed by atoms with Gasteiger partial charge in [0.2, 0.25) is 0 Å². The zero-order valence-electron chi connectivity index (χ0n) is 21.0. The monoisotopic (exact) mass is 469 g/mol. The lowest BCUT2D eigenvalue weighted by molar-refractivity contribution is 0.409. The van der Waals surface area contributed by atoms with E-state index in [1.54, 1.807) is 18.2 Å². The zero-order chi connectivity index (χ0) is 25.4. The van der Waals surface area contributed by atoms with E-state index in [0.29, 0.717) is 28.6 Å². The number of aryl methyl sites for hydroxylation is 4. The number of nitrogens with zero attached hydrogens (tertiary/aromatic N) is 1. The number of para-hydroxylation sites is 2. The minimum absolute atomic E-state index is 0.0491. The number of phenolic OH excluding ortho intramolecular Hbond substituents is 3. The highest BCUT2D eigenvalue weighted by Crippen LogP contribution is 2.51. The van der Waals surface area contributed by atoms with Crippen LogP contribution in [0.4, 0.5) is 17.1 Å². The van der Waals surface area contributed by atoms with E-state index in [1.807, 2.05) is 88.9 Å². The first-order valence-electron chi connectivity index (χ1n) is 11.6. The third-order valence-electron chi connectivity index (χ3n) is 6.53. The highest BCUT2D eigenvalue weighted by molar-refractivity contribution is 5.89. The summed E-state index contributed by atoms with van der Waals surface area (Å²) >= 11 is 0. The quantitative estimate of drug-likeness (QED) is 0.277. The van der Waals surface area contributed by atoms with E-state index < -0.39 is 0 Å². The molecule has 0 radical (unpaired) electrons. The molecule has 0 saturated carbocycles. The number of phenols is 3. The molecule has 0 amide bonds. The van der Waals surface area contributed by atoms with Crippen molar-refractivity contribution in [2.24, 2.45) is 0 Å². The van der Waals surface area contributed by atoms with Gasteiger partial charge in [0.25, 0.3) is 0 Å². The summed E-state index contributed by atoms with van der Waals surface area (Å²) in [6.45, 7) is 11.7. The van der Waals surface area contributed by atoms with Gasteiger partial charge in [0.05, 0.1) is 17.1 Å². The van der Waals surface area contributed by atoms with Crippen LogP contribution in [0.1, 0.15) is 33.4 Å². The van der Waals surface area contributed by atoms with E-state index >= 15 is 0 Å². The second-order valence-corrected chi connectivity index (χ2v) is 9.09. The normalized spacial score (nSPS) is 10.9. The van der Waals surface area contributed by atoms with Gasteiger partial charge in [0, 0.05) is 0 Å². The largest absolute Gasteiger partial charge is 0.506 e. The van der Waals surface area contributed by atoms with Crippen molar-refractivity contribution >= 4 is 17.1 Å². The summed E-state index contributed by atoms with van der Waals surface area (Å²) in [5, 5.41) is 32.7. The van der Waals surface area contributed by atoms with Crippen molar-refractivity contribution in [1.82, 2.24) is 0 Å². The summed E-state index contributed by atoms with van der Waals surface area (Å²) in [6, 6.07) is 18.1. The molecule has 0 fully saturated rings. The first kappa shape index (κ1) is 24.0. The van der Waals surface area contributed by atoms with Gasteiger partial charge < -0.3 is 20.1 Å². The summed E-state index contributed by atoms with van der Waals surface area (Å²) < 4.78 is 6.32. The van der Waals surface area contributed by atoms with Gasteiger partial charge in [-0.3, -0.25) is 4.90 Å². The number of hydrogen-bond donors (Lipinski definition) is 3. The predicted molar refractivity (Wildman–Crippen MR) is 141 cm³/mol. The van der Waals surface area contributed by atoms with Crippen molar-refractivity contribution in [3.05, 3.63) is 94.0 Å².